The second kappa shape index (κ2) is 4.61. The number of aromatic nitrogens is 2. The molecule has 0 saturated heterocycles. The van der Waals surface area contributed by atoms with Gasteiger partial charge in [0.05, 0.1) is 13.8 Å². The van der Waals surface area contributed by atoms with E-state index >= 15 is 0 Å². The van der Waals surface area contributed by atoms with Gasteiger partial charge in [0, 0.05) is 12.4 Å². The summed E-state index contributed by atoms with van der Waals surface area (Å²) < 4.78 is 6.82. The largest absolute Gasteiger partial charge is 0.449 e. The average Bonchev–Trinajstić information content (AvgIpc) is 2.64. The van der Waals surface area contributed by atoms with Crippen molar-refractivity contribution in [2.75, 3.05) is 0 Å². The molecule has 1 rings (SSSR count). The van der Waals surface area contributed by atoms with Crippen molar-refractivity contribution in [3.05, 3.63) is 18.7 Å². The zero-order valence-electron chi connectivity index (χ0n) is 9.73. The molecule has 1 atom stereocenters. The molecule has 0 fully saturated rings. The van der Waals surface area contributed by atoms with Gasteiger partial charge in [0.1, 0.15) is 6.33 Å². The zero-order valence-corrected chi connectivity index (χ0v) is 10.7. The SMILES string of the molecule is CCC(OC(=O)n1ccnc1)[Si](C)(C)C. The van der Waals surface area contributed by atoms with Crippen LogP contribution in [0.25, 0.3) is 0 Å². The van der Waals surface area contributed by atoms with Gasteiger partial charge in [-0.1, -0.05) is 26.6 Å². The molecule has 0 aliphatic carbocycles. The number of hydrogen-bond acceptors (Lipinski definition) is 3. The van der Waals surface area contributed by atoms with Crippen LogP contribution < -0.4 is 0 Å². The van der Waals surface area contributed by atoms with E-state index in [0.29, 0.717) is 0 Å². The molecule has 0 amide bonds. The Hall–Kier alpha value is -1.10. The number of rotatable bonds is 3. The van der Waals surface area contributed by atoms with E-state index in [9.17, 15) is 4.79 Å². The van der Waals surface area contributed by atoms with Crippen LogP contribution in [-0.2, 0) is 4.74 Å². The molecule has 1 aromatic heterocycles. The number of nitrogens with zero attached hydrogens (tertiary/aromatic N) is 2. The van der Waals surface area contributed by atoms with Crippen molar-refractivity contribution in [3.63, 3.8) is 0 Å². The fraction of sp³-hybridized carbons (Fsp3) is 0.600. The number of ether oxygens (including phenoxy) is 1. The van der Waals surface area contributed by atoms with Crippen LogP contribution >= 0.6 is 0 Å². The van der Waals surface area contributed by atoms with Gasteiger partial charge in [0.25, 0.3) is 0 Å². The first-order valence-corrected chi connectivity index (χ1v) is 8.72. The normalized spacial score (nSPS) is 13.6. The molecule has 0 aliphatic rings. The molecule has 1 unspecified atom stereocenters. The van der Waals surface area contributed by atoms with Crippen LogP contribution in [0.4, 0.5) is 4.79 Å². The molecular formula is C10H18N2O2Si. The van der Waals surface area contributed by atoms with Gasteiger partial charge in [-0.15, -0.1) is 0 Å². The predicted octanol–water partition coefficient (Wildman–Crippen LogP) is 2.52. The third kappa shape index (κ3) is 3.19. The van der Waals surface area contributed by atoms with Crippen LogP contribution in [0.15, 0.2) is 18.7 Å². The van der Waals surface area contributed by atoms with Crippen molar-refractivity contribution in [1.29, 1.82) is 0 Å². The van der Waals surface area contributed by atoms with E-state index in [0.717, 1.165) is 6.42 Å². The summed E-state index contributed by atoms with van der Waals surface area (Å²) >= 11 is 0. The van der Waals surface area contributed by atoms with Gasteiger partial charge in [-0.3, -0.25) is 0 Å². The lowest BCUT2D eigenvalue weighted by molar-refractivity contribution is 0.128. The Balaban J connectivity index is 2.65. The summed E-state index contributed by atoms with van der Waals surface area (Å²) in [6, 6.07) is 0. The summed E-state index contributed by atoms with van der Waals surface area (Å²) in [4.78, 5) is 15.5. The minimum absolute atomic E-state index is 0.0624. The van der Waals surface area contributed by atoms with Gasteiger partial charge >= 0.3 is 6.09 Å². The smallest absolute Gasteiger partial charge is 0.419 e. The first kappa shape index (κ1) is 12.0. The molecule has 0 radical (unpaired) electrons. The van der Waals surface area contributed by atoms with Crippen LogP contribution in [0, 0.1) is 0 Å². The lowest BCUT2D eigenvalue weighted by atomic mass is 10.5. The third-order valence-electron chi connectivity index (χ3n) is 2.30. The standard InChI is InChI=1S/C10H18N2O2Si/c1-5-9(15(2,3)4)14-10(13)12-7-6-11-8-12/h6-9H,5H2,1-4H3. The van der Waals surface area contributed by atoms with Gasteiger partial charge in [-0.2, -0.15) is 0 Å². The lowest BCUT2D eigenvalue weighted by Crippen LogP contribution is -2.41. The summed E-state index contributed by atoms with van der Waals surface area (Å²) in [6.07, 6.45) is 5.16. The third-order valence-corrected chi connectivity index (χ3v) is 4.75. The van der Waals surface area contributed by atoms with Crippen LogP contribution in [0.5, 0.6) is 0 Å². The number of carbonyl (C=O) groups excluding carboxylic acids is 1. The molecule has 0 bridgehead atoms. The highest BCUT2D eigenvalue weighted by atomic mass is 28.3. The molecule has 0 aliphatic heterocycles. The first-order chi connectivity index (χ1) is 6.95. The van der Waals surface area contributed by atoms with Crippen molar-refractivity contribution in [3.8, 4) is 0 Å². The summed E-state index contributed by atoms with van der Waals surface area (Å²) in [5.41, 5.74) is 0.0624. The predicted molar refractivity (Wildman–Crippen MR) is 61.5 cm³/mol. The highest BCUT2D eigenvalue weighted by molar-refractivity contribution is 6.77. The molecular weight excluding hydrogens is 208 g/mol. The maximum Gasteiger partial charge on any atom is 0.419 e. The molecule has 5 heteroatoms. The second-order valence-corrected chi connectivity index (χ2v) is 9.99. The van der Waals surface area contributed by atoms with E-state index in [4.69, 9.17) is 4.74 Å². The number of imidazole rings is 1. The van der Waals surface area contributed by atoms with Crippen molar-refractivity contribution in [1.82, 2.24) is 9.55 Å². The Morgan fingerprint density at radius 1 is 1.53 bits per heavy atom. The number of hydrogen-bond donors (Lipinski definition) is 0. The molecule has 0 N–H and O–H groups in total. The van der Waals surface area contributed by atoms with Crippen LogP contribution in [0.2, 0.25) is 19.6 Å². The van der Waals surface area contributed by atoms with Gasteiger partial charge in [0.2, 0.25) is 0 Å². The highest BCUT2D eigenvalue weighted by Gasteiger charge is 2.29. The summed E-state index contributed by atoms with van der Waals surface area (Å²) in [7, 11) is -1.44. The summed E-state index contributed by atoms with van der Waals surface area (Å²) in [6.45, 7) is 8.64. The quantitative estimate of drug-likeness (QED) is 0.744. The Kier molecular flexibility index (Phi) is 3.68. The van der Waals surface area contributed by atoms with E-state index in [1.165, 1.54) is 10.9 Å². The lowest BCUT2D eigenvalue weighted by Gasteiger charge is -2.27. The van der Waals surface area contributed by atoms with Crippen molar-refractivity contribution >= 4 is 14.2 Å². The van der Waals surface area contributed by atoms with Crippen LogP contribution in [0.3, 0.4) is 0 Å². The maximum atomic E-state index is 11.6. The van der Waals surface area contributed by atoms with Gasteiger partial charge in [-0.25, -0.2) is 14.3 Å². The van der Waals surface area contributed by atoms with Crippen molar-refractivity contribution in [2.24, 2.45) is 0 Å². The van der Waals surface area contributed by atoms with E-state index in [2.05, 4.69) is 24.6 Å². The van der Waals surface area contributed by atoms with Gasteiger partial charge < -0.3 is 4.74 Å². The van der Waals surface area contributed by atoms with Crippen molar-refractivity contribution < 1.29 is 9.53 Å². The van der Waals surface area contributed by atoms with E-state index in [1.807, 2.05) is 6.92 Å². The number of carbonyl (C=O) groups is 1. The molecule has 0 saturated carbocycles. The van der Waals surface area contributed by atoms with Gasteiger partial charge in [0.15, 0.2) is 0 Å². The summed E-state index contributed by atoms with van der Waals surface area (Å²) in [5, 5.41) is 0. The van der Waals surface area contributed by atoms with Crippen LogP contribution in [0.1, 0.15) is 13.3 Å². The highest BCUT2D eigenvalue weighted by Crippen LogP contribution is 2.15. The Morgan fingerprint density at radius 3 is 2.60 bits per heavy atom. The Labute approximate surface area is 91.3 Å². The van der Waals surface area contributed by atoms with Gasteiger partial charge in [-0.05, 0) is 6.42 Å². The Bertz CT molecular complexity index is 317. The maximum absolute atomic E-state index is 11.6. The molecule has 0 spiro atoms. The molecule has 1 heterocycles. The van der Waals surface area contributed by atoms with Crippen LogP contribution in [-0.4, -0.2) is 29.4 Å². The molecule has 4 nitrogen and oxygen atoms in total. The molecule has 1 aromatic rings. The molecule has 0 aromatic carbocycles. The van der Waals surface area contributed by atoms with E-state index in [-0.39, 0.29) is 11.8 Å². The van der Waals surface area contributed by atoms with E-state index < -0.39 is 8.07 Å². The van der Waals surface area contributed by atoms with E-state index in [1.54, 1.807) is 12.4 Å². The zero-order chi connectivity index (χ0) is 11.5. The molecule has 84 valence electrons. The van der Waals surface area contributed by atoms with Crippen molar-refractivity contribution in [2.45, 2.75) is 38.7 Å². The fourth-order valence-electron chi connectivity index (χ4n) is 1.42. The minimum Gasteiger partial charge on any atom is -0.449 e. The fourth-order valence-corrected chi connectivity index (χ4v) is 3.10. The monoisotopic (exact) mass is 226 g/mol. The second-order valence-electron chi connectivity index (χ2n) is 4.62. The Morgan fingerprint density at radius 2 is 2.20 bits per heavy atom. The molecule has 15 heavy (non-hydrogen) atoms. The summed E-state index contributed by atoms with van der Waals surface area (Å²) in [5.74, 6) is 0. The minimum atomic E-state index is -1.44. The first-order valence-electron chi connectivity index (χ1n) is 5.14. The average molecular weight is 226 g/mol. The topological polar surface area (TPSA) is 44.1 Å².